The molecule has 36 heavy (non-hydrogen) atoms. The third-order valence-electron chi connectivity index (χ3n) is 6.65. The molecule has 0 radical (unpaired) electrons. The zero-order valence-electron chi connectivity index (χ0n) is 20.7. The number of aromatic nitrogens is 2. The molecular weight excluding hydrogens is 452 g/mol. The molecule has 5 rings (SSSR count). The van der Waals surface area contributed by atoms with Crippen molar-refractivity contribution in [2.75, 3.05) is 32.1 Å². The number of imidazole rings is 1. The molecule has 4 aromatic rings. The highest BCUT2D eigenvalue weighted by molar-refractivity contribution is 6.04. The van der Waals surface area contributed by atoms with Crippen molar-refractivity contribution in [2.45, 2.75) is 32.4 Å². The molecule has 0 atom stereocenters. The first-order valence-electron chi connectivity index (χ1n) is 12.5. The van der Waals surface area contributed by atoms with Gasteiger partial charge >= 0.3 is 0 Å². The topological polar surface area (TPSA) is 68.6 Å². The Morgan fingerprint density at radius 3 is 2.39 bits per heavy atom. The third-order valence-corrected chi connectivity index (χ3v) is 6.65. The molecule has 1 N–H and O–H groups in total. The first kappa shape index (κ1) is 23.9. The number of carbonyl (C=O) groups excluding carboxylic acids is 1. The number of carbonyl (C=O) groups is 1. The van der Waals surface area contributed by atoms with Gasteiger partial charge in [0, 0.05) is 18.7 Å². The lowest BCUT2D eigenvalue weighted by Crippen LogP contribution is -2.32. The molecule has 7 heteroatoms. The molecule has 0 bridgehead atoms. The van der Waals surface area contributed by atoms with Crippen molar-refractivity contribution >= 4 is 22.9 Å². The van der Waals surface area contributed by atoms with Crippen LogP contribution in [-0.2, 0) is 13.2 Å². The number of benzene rings is 3. The van der Waals surface area contributed by atoms with Gasteiger partial charge in [-0.1, -0.05) is 42.8 Å². The Morgan fingerprint density at radius 2 is 1.61 bits per heavy atom. The normalized spacial score (nSPS) is 14.0. The predicted molar refractivity (Wildman–Crippen MR) is 142 cm³/mol. The Bertz CT molecular complexity index is 1310. The van der Waals surface area contributed by atoms with E-state index < -0.39 is 0 Å². The number of ether oxygens (including phenoxy) is 2. The van der Waals surface area contributed by atoms with E-state index in [0.717, 1.165) is 42.8 Å². The lowest BCUT2D eigenvalue weighted by atomic mass is 10.1. The quantitative estimate of drug-likeness (QED) is 0.346. The van der Waals surface area contributed by atoms with Crippen LogP contribution in [0.25, 0.3) is 11.0 Å². The number of nitrogens with zero attached hydrogens (tertiary/aromatic N) is 3. The minimum Gasteiger partial charge on any atom is -0.493 e. The van der Waals surface area contributed by atoms with Crippen LogP contribution in [0.3, 0.4) is 0 Å². The van der Waals surface area contributed by atoms with E-state index in [0.29, 0.717) is 29.6 Å². The number of likely N-dealkylation sites (tertiary alicyclic amines) is 1. The average Bonchev–Trinajstić information content (AvgIpc) is 3.28. The Kier molecular flexibility index (Phi) is 7.47. The minimum absolute atomic E-state index is 0.179. The second-order valence-corrected chi connectivity index (χ2v) is 9.07. The van der Waals surface area contributed by atoms with Crippen LogP contribution in [-0.4, -0.2) is 47.1 Å². The van der Waals surface area contributed by atoms with Gasteiger partial charge in [-0.05, 0) is 67.9 Å². The van der Waals surface area contributed by atoms with Gasteiger partial charge in [0.15, 0.2) is 11.5 Å². The summed E-state index contributed by atoms with van der Waals surface area (Å²) in [7, 11) is 1.62. The molecule has 0 spiro atoms. The summed E-state index contributed by atoms with van der Waals surface area (Å²) >= 11 is 0. The molecule has 1 aromatic heterocycles. The zero-order valence-corrected chi connectivity index (χ0v) is 20.7. The van der Waals surface area contributed by atoms with Gasteiger partial charge < -0.3 is 18.9 Å². The summed E-state index contributed by atoms with van der Waals surface area (Å²) in [6, 6.07) is 23.0. The van der Waals surface area contributed by atoms with Crippen LogP contribution in [0.5, 0.6) is 11.5 Å². The Labute approximate surface area is 211 Å². The Morgan fingerprint density at radius 1 is 0.889 bits per heavy atom. The summed E-state index contributed by atoms with van der Waals surface area (Å²) in [6.45, 7) is 4.40. The first-order valence-corrected chi connectivity index (χ1v) is 12.5. The van der Waals surface area contributed by atoms with Crippen LogP contribution in [0.4, 0.5) is 5.95 Å². The second-order valence-electron chi connectivity index (χ2n) is 9.07. The fourth-order valence-corrected chi connectivity index (χ4v) is 4.65. The summed E-state index contributed by atoms with van der Waals surface area (Å²) < 4.78 is 13.4. The maximum absolute atomic E-state index is 13.1. The van der Waals surface area contributed by atoms with Gasteiger partial charge in [0.05, 0.1) is 18.1 Å². The van der Waals surface area contributed by atoms with Crippen molar-refractivity contribution in [2.24, 2.45) is 0 Å². The van der Waals surface area contributed by atoms with Gasteiger partial charge in [-0.2, -0.15) is 0 Å². The number of hydrogen-bond acceptors (Lipinski definition) is 5. The van der Waals surface area contributed by atoms with Crippen molar-refractivity contribution in [1.82, 2.24) is 14.5 Å². The van der Waals surface area contributed by atoms with Gasteiger partial charge in [0.2, 0.25) is 5.95 Å². The maximum atomic E-state index is 13.1. The van der Waals surface area contributed by atoms with Crippen LogP contribution >= 0.6 is 0 Å². The number of nitrogens with one attached hydrogen (secondary N) is 1. The number of fused-ring (bicyclic) bond motifs is 1. The highest BCUT2D eigenvalue weighted by Gasteiger charge is 2.16. The summed E-state index contributed by atoms with van der Waals surface area (Å²) in [5.74, 6) is 1.78. The zero-order chi connectivity index (χ0) is 24.7. The van der Waals surface area contributed by atoms with Crippen molar-refractivity contribution in [1.29, 1.82) is 0 Å². The summed E-state index contributed by atoms with van der Waals surface area (Å²) in [5.41, 5.74) is 3.46. The predicted octanol–water partition coefficient (Wildman–Crippen LogP) is 5.36. The average molecular weight is 485 g/mol. The van der Waals surface area contributed by atoms with Gasteiger partial charge in [-0.15, -0.1) is 0 Å². The Balaban J connectivity index is 1.26. The fourth-order valence-electron chi connectivity index (χ4n) is 4.65. The van der Waals surface area contributed by atoms with Crippen LogP contribution in [0, 0.1) is 0 Å². The molecule has 1 amide bonds. The van der Waals surface area contributed by atoms with E-state index in [1.54, 1.807) is 7.11 Å². The van der Waals surface area contributed by atoms with E-state index in [1.165, 1.54) is 19.3 Å². The second kappa shape index (κ2) is 11.3. The lowest BCUT2D eigenvalue weighted by Gasteiger charge is -2.26. The van der Waals surface area contributed by atoms with Gasteiger partial charge in [-0.3, -0.25) is 10.1 Å². The molecule has 1 aliphatic rings. The van der Waals surface area contributed by atoms with Crippen molar-refractivity contribution < 1.29 is 14.3 Å². The van der Waals surface area contributed by atoms with Crippen molar-refractivity contribution in [3.8, 4) is 11.5 Å². The Hall–Kier alpha value is -3.84. The number of hydrogen-bond donors (Lipinski definition) is 1. The molecule has 1 fully saturated rings. The minimum atomic E-state index is -0.179. The number of anilines is 1. The summed E-state index contributed by atoms with van der Waals surface area (Å²) in [5, 5.41) is 3.04. The number of piperidine rings is 1. The van der Waals surface area contributed by atoms with Gasteiger partial charge in [-0.25, -0.2) is 4.98 Å². The maximum Gasteiger partial charge on any atom is 0.257 e. The molecule has 2 heterocycles. The van der Waals surface area contributed by atoms with Crippen LogP contribution in [0.1, 0.15) is 35.2 Å². The van der Waals surface area contributed by atoms with E-state index >= 15 is 0 Å². The van der Waals surface area contributed by atoms with E-state index in [2.05, 4.69) is 20.9 Å². The highest BCUT2D eigenvalue weighted by Crippen LogP contribution is 2.27. The molecular formula is C29H32N4O3. The SMILES string of the molecule is COc1ccccc1OCc1ccc(C(=O)Nc2nc3ccccc3n2CCN2CCCCC2)cc1. The van der Waals surface area contributed by atoms with Crippen molar-refractivity contribution in [3.63, 3.8) is 0 Å². The number of methoxy groups -OCH3 is 1. The molecule has 186 valence electrons. The van der Waals surface area contributed by atoms with Crippen LogP contribution in [0.2, 0.25) is 0 Å². The summed E-state index contributed by atoms with van der Waals surface area (Å²) in [6.07, 6.45) is 3.83. The lowest BCUT2D eigenvalue weighted by molar-refractivity contribution is 0.102. The van der Waals surface area contributed by atoms with Gasteiger partial charge in [0.1, 0.15) is 6.61 Å². The molecule has 7 nitrogen and oxygen atoms in total. The number of rotatable bonds is 9. The van der Waals surface area contributed by atoms with Crippen LogP contribution < -0.4 is 14.8 Å². The van der Waals surface area contributed by atoms with E-state index in [4.69, 9.17) is 14.5 Å². The molecule has 3 aromatic carbocycles. The summed E-state index contributed by atoms with van der Waals surface area (Å²) in [4.78, 5) is 20.3. The van der Waals surface area contributed by atoms with Crippen molar-refractivity contribution in [3.05, 3.63) is 83.9 Å². The largest absolute Gasteiger partial charge is 0.493 e. The number of amides is 1. The highest BCUT2D eigenvalue weighted by atomic mass is 16.5. The smallest absolute Gasteiger partial charge is 0.257 e. The van der Waals surface area contributed by atoms with E-state index in [9.17, 15) is 4.79 Å². The van der Waals surface area contributed by atoms with Gasteiger partial charge in [0.25, 0.3) is 5.91 Å². The van der Waals surface area contributed by atoms with Crippen LogP contribution in [0.15, 0.2) is 72.8 Å². The fraction of sp³-hybridized carbons (Fsp3) is 0.310. The molecule has 1 aliphatic heterocycles. The molecule has 0 unspecified atom stereocenters. The van der Waals surface area contributed by atoms with E-state index in [1.807, 2.05) is 66.7 Å². The number of para-hydroxylation sites is 4. The van der Waals surface area contributed by atoms with E-state index in [-0.39, 0.29) is 5.91 Å². The molecule has 0 aliphatic carbocycles. The monoisotopic (exact) mass is 484 g/mol. The molecule has 0 saturated carbocycles. The molecule has 1 saturated heterocycles. The standard InChI is InChI=1S/C29H32N4O3/c1-35-26-11-5-6-12-27(26)36-21-22-13-15-23(16-14-22)28(34)31-29-30-24-9-3-4-10-25(24)33(29)20-19-32-17-7-2-8-18-32/h3-6,9-16H,2,7-8,17-21H2,1H3,(H,30,31,34). The first-order chi connectivity index (χ1) is 17.7. The third kappa shape index (κ3) is 5.52.